The van der Waals surface area contributed by atoms with E-state index in [2.05, 4.69) is 43.4 Å². The Kier molecular flexibility index (Phi) is 5.71. The molecule has 3 rings (SSSR count). The first-order chi connectivity index (χ1) is 12.0. The predicted molar refractivity (Wildman–Crippen MR) is 104 cm³/mol. The number of nitrogens with zero attached hydrogens (tertiary/aromatic N) is 1. The molecule has 2 aromatic rings. The summed E-state index contributed by atoms with van der Waals surface area (Å²) in [5.74, 6) is 0.640. The highest BCUT2D eigenvalue weighted by Gasteiger charge is 2.33. The minimum atomic E-state index is -1.50. The fourth-order valence-electron chi connectivity index (χ4n) is 3.63. The van der Waals surface area contributed by atoms with Crippen LogP contribution in [0.1, 0.15) is 18.4 Å². The maximum absolute atomic E-state index is 12.2. The number of amides is 1. The van der Waals surface area contributed by atoms with Gasteiger partial charge in [-0.1, -0.05) is 78.9 Å². The Hall–Kier alpha value is -1.91. The fourth-order valence-corrected chi connectivity index (χ4v) is 6.73. The van der Waals surface area contributed by atoms with E-state index in [1.807, 2.05) is 30.3 Å². The van der Waals surface area contributed by atoms with Crippen LogP contribution in [-0.4, -0.2) is 25.6 Å². The molecule has 1 heterocycles. The summed E-state index contributed by atoms with van der Waals surface area (Å²) in [6, 6.07) is 22.1. The van der Waals surface area contributed by atoms with Crippen molar-refractivity contribution in [2.24, 2.45) is 5.92 Å². The third-order valence-corrected chi connectivity index (χ3v) is 8.55. The standard InChI is InChI=1S/C21H27NO2Si/c1-25(2,20-11-7-4-8-12-20)17-19-13-14-21(23)22(15-19)24-16-18-9-5-3-6-10-18/h3-12,19H,13-17H2,1-2H3. The Morgan fingerprint density at radius 1 is 1.04 bits per heavy atom. The molecule has 0 aliphatic carbocycles. The number of hydrogen-bond donors (Lipinski definition) is 0. The fraction of sp³-hybridized carbons (Fsp3) is 0.381. The third-order valence-electron chi connectivity index (χ3n) is 5.05. The zero-order valence-corrected chi connectivity index (χ0v) is 16.2. The lowest BCUT2D eigenvalue weighted by molar-refractivity contribution is -0.200. The number of carbonyl (C=O) groups is 1. The number of hydrogen-bond acceptors (Lipinski definition) is 2. The van der Waals surface area contributed by atoms with Crippen LogP contribution in [0.4, 0.5) is 0 Å². The Balaban J connectivity index is 1.59. The van der Waals surface area contributed by atoms with Gasteiger partial charge in [0, 0.05) is 6.42 Å². The summed E-state index contributed by atoms with van der Waals surface area (Å²) >= 11 is 0. The molecule has 2 aromatic carbocycles. The van der Waals surface area contributed by atoms with Gasteiger partial charge in [0.1, 0.15) is 6.61 Å². The second-order valence-corrected chi connectivity index (χ2v) is 12.3. The van der Waals surface area contributed by atoms with Crippen LogP contribution in [-0.2, 0) is 16.2 Å². The average molecular weight is 354 g/mol. The monoisotopic (exact) mass is 353 g/mol. The molecule has 1 unspecified atom stereocenters. The molecule has 1 atom stereocenters. The molecule has 0 radical (unpaired) electrons. The van der Waals surface area contributed by atoms with Crippen LogP contribution in [0.2, 0.25) is 19.1 Å². The summed E-state index contributed by atoms with van der Waals surface area (Å²) in [6.07, 6.45) is 1.58. The van der Waals surface area contributed by atoms with Crippen LogP contribution in [0, 0.1) is 5.92 Å². The maximum atomic E-state index is 12.2. The van der Waals surface area contributed by atoms with Crippen LogP contribution in [0.15, 0.2) is 60.7 Å². The van der Waals surface area contributed by atoms with E-state index < -0.39 is 8.07 Å². The molecule has 1 aliphatic rings. The van der Waals surface area contributed by atoms with Crippen molar-refractivity contribution in [3.63, 3.8) is 0 Å². The van der Waals surface area contributed by atoms with E-state index in [-0.39, 0.29) is 5.91 Å². The van der Waals surface area contributed by atoms with Crippen molar-refractivity contribution in [1.29, 1.82) is 0 Å². The molecule has 1 aliphatic heterocycles. The second-order valence-electron chi connectivity index (χ2n) is 7.57. The summed E-state index contributed by atoms with van der Waals surface area (Å²) in [6.45, 7) is 6.02. The largest absolute Gasteiger partial charge is 0.273 e. The zero-order valence-electron chi connectivity index (χ0n) is 15.2. The maximum Gasteiger partial charge on any atom is 0.246 e. The smallest absolute Gasteiger partial charge is 0.246 e. The van der Waals surface area contributed by atoms with Gasteiger partial charge in [0.2, 0.25) is 5.91 Å². The van der Waals surface area contributed by atoms with Crippen molar-refractivity contribution in [2.45, 2.75) is 38.6 Å². The Labute approximate surface area is 151 Å². The van der Waals surface area contributed by atoms with E-state index >= 15 is 0 Å². The molecule has 0 N–H and O–H groups in total. The van der Waals surface area contributed by atoms with Gasteiger partial charge in [0.05, 0.1) is 14.6 Å². The van der Waals surface area contributed by atoms with Gasteiger partial charge in [-0.15, -0.1) is 0 Å². The lowest BCUT2D eigenvalue weighted by Gasteiger charge is -2.35. The molecule has 4 heteroatoms. The van der Waals surface area contributed by atoms with Crippen molar-refractivity contribution in [3.8, 4) is 0 Å². The van der Waals surface area contributed by atoms with E-state index in [1.54, 1.807) is 5.06 Å². The van der Waals surface area contributed by atoms with Crippen molar-refractivity contribution in [1.82, 2.24) is 5.06 Å². The van der Waals surface area contributed by atoms with Crippen LogP contribution in [0.3, 0.4) is 0 Å². The second kappa shape index (κ2) is 7.98. The Bertz CT molecular complexity index is 688. The van der Waals surface area contributed by atoms with Crippen LogP contribution in [0.25, 0.3) is 0 Å². The molecule has 0 saturated carbocycles. The summed E-state index contributed by atoms with van der Waals surface area (Å²) in [5, 5.41) is 3.10. The van der Waals surface area contributed by atoms with Crippen molar-refractivity contribution in [3.05, 3.63) is 66.2 Å². The first-order valence-electron chi connectivity index (χ1n) is 9.07. The molecule has 0 spiro atoms. The third kappa shape index (κ3) is 4.80. The normalized spacial score (nSPS) is 18.4. The topological polar surface area (TPSA) is 29.5 Å². The highest BCUT2D eigenvalue weighted by Crippen LogP contribution is 2.27. The summed E-state index contributed by atoms with van der Waals surface area (Å²) in [4.78, 5) is 18.0. The molecule has 3 nitrogen and oxygen atoms in total. The van der Waals surface area contributed by atoms with E-state index in [9.17, 15) is 4.79 Å². The van der Waals surface area contributed by atoms with E-state index in [4.69, 9.17) is 4.84 Å². The first kappa shape index (κ1) is 17.9. The van der Waals surface area contributed by atoms with Crippen molar-refractivity contribution >= 4 is 19.2 Å². The van der Waals surface area contributed by atoms with Crippen LogP contribution < -0.4 is 5.19 Å². The van der Waals surface area contributed by atoms with E-state index in [0.717, 1.165) is 18.5 Å². The number of carbonyl (C=O) groups excluding carboxylic acids is 1. The first-order valence-corrected chi connectivity index (χ1v) is 12.3. The van der Waals surface area contributed by atoms with Gasteiger partial charge in [-0.3, -0.25) is 9.63 Å². The molecular formula is C21H27NO2Si. The highest BCUT2D eigenvalue weighted by molar-refractivity contribution is 6.89. The highest BCUT2D eigenvalue weighted by atomic mass is 28.3. The lowest BCUT2D eigenvalue weighted by Crippen LogP contribution is -2.47. The van der Waals surface area contributed by atoms with Gasteiger partial charge in [-0.05, 0) is 23.9 Å². The predicted octanol–water partition coefficient (Wildman–Crippen LogP) is 3.97. The minimum Gasteiger partial charge on any atom is -0.273 e. The molecule has 0 aromatic heterocycles. The zero-order chi connectivity index (χ0) is 17.7. The van der Waals surface area contributed by atoms with Gasteiger partial charge >= 0.3 is 0 Å². The molecule has 1 fully saturated rings. The van der Waals surface area contributed by atoms with Crippen LogP contribution in [0.5, 0.6) is 0 Å². The Morgan fingerprint density at radius 2 is 1.68 bits per heavy atom. The molecule has 132 valence electrons. The summed E-state index contributed by atoms with van der Waals surface area (Å²) < 4.78 is 0. The molecule has 1 amide bonds. The van der Waals surface area contributed by atoms with E-state index in [0.29, 0.717) is 18.9 Å². The van der Waals surface area contributed by atoms with Gasteiger partial charge in [-0.25, -0.2) is 5.06 Å². The van der Waals surface area contributed by atoms with Gasteiger partial charge in [0.25, 0.3) is 0 Å². The van der Waals surface area contributed by atoms with Gasteiger partial charge in [-0.2, -0.15) is 0 Å². The lowest BCUT2D eigenvalue weighted by atomic mass is 10.0. The molecular weight excluding hydrogens is 326 g/mol. The minimum absolute atomic E-state index is 0.117. The number of hydroxylamine groups is 2. The van der Waals surface area contributed by atoms with E-state index in [1.165, 1.54) is 11.2 Å². The molecule has 25 heavy (non-hydrogen) atoms. The van der Waals surface area contributed by atoms with Crippen molar-refractivity contribution in [2.75, 3.05) is 6.54 Å². The quantitative estimate of drug-likeness (QED) is 0.735. The number of piperidine rings is 1. The molecule has 1 saturated heterocycles. The summed E-state index contributed by atoms with van der Waals surface area (Å²) in [5.41, 5.74) is 1.09. The van der Waals surface area contributed by atoms with Crippen molar-refractivity contribution < 1.29 is 9.63 Å². The summed E-state index contributed by atoms with van der Waals surface area (Å²) in [7, 11) is -1.50. The SMILES string of the molecule is C[Si](C)(CC1CCC(=O)N(OCc2ccccc2)C1)c1ccccc1. The average Bonchev–Trinajstić information content (AvgIpc) is 2.63. The number of rotatable bonds is 6. The number of benzene rings is 2. The van der Waals surface area contributed by atoms with Gasteiger partial charge < -0.3 is 0 Å². The van der Waals surface area contributed by atoms with Crippen LogP contribution >= 0.6 is 0 Å². The molecule has 0 bridgehead atoms. The van der Waals surface area contributed by atoms with Gasteiger partial charge in [0.15, 0.2) is 0 Å². The Morgan fingerprint density at radius 3 is 2.36 bits per heavy atom.